The van der Waals surface area contributed by atoms with Gasteiger partial charge in [0.05, 0.1) is 0 Å². The molecular formula is C9H18N2O3S. The number of nitrogens with zero attached hydrogens (tertiary/aromatic N) is 1. The van der Waals surface area contributed by atoms with E-state index < -0.39 is 12.0 Å². The molecule has 0 aliphatic carbocycles. The van der Waals surface area contributed by atoms with Crippen molar-refractivity contribution < 1.29 is 14.7 Å². The fourth-order valence-corrected chi connectivity index (χ4v) is 1.76. The van der Waals surface area contributed by atoms with Crippen molar-refractivity contribution in [2.24, 2.45) is 5.73 Å². The van der Waals surface area contributed by atoms with E-state index in [-0.39, 0.29) is 5.91 Å². The zero-order chi connectivity index (χ0) is 11.8. The maximum atomic E-state index is 11.1. The number of rotatable bonds is 7. The fraction of sp³-hybridized carbons (Fsp3) is 0.778. The van der Waals surface area contributed by atoms with Crippen LogP contribution >= 0.6 is 11.8 Å². The van der Waals surface area contributed by atoms with Crippen LogP contribution in [0.4, 0.5) is 0 Å². The number of aliphatic carboxylic acids is 1. The number of thioether (sulfide) groups is 1. The van der Waals surface area contributed by atoms with Gasteiger partial charge in [0.25, 0.3) is 0 Å². The van der Waals surface area contributed by atoms with Crippen LogP contribution in [0.3, 0.4) is 0 Å². The highest BCUT2D eigenvalue weighted by Crippen LogP contribution is 2.06. The van der Waals surface area contributed by atoms with Gasteiger partial charge in [-0.1, -0.05) is 0 Å². The first-order valence-electron chi connectivity index (χ1n) is 4.71. The number of carboxylic acids is 1. The highest BCUT2D eigenvalue weighted by Gasteiger charge is 2.10. The average molecular weight is 234 g/mol. The summed E-state index contributed by atoms with van der Waals surface area (Å²) >= 11 is 1.55. The van der Waals surface area contributed by atoms with Gasteiger partial charge in [0.15, 0.2) is 0 Å². The Morgan fingerprint density at radius 1 is 1.40 bits per heavy atom. The predicted octanol–water partition coefficient (Wildman–Crippen LogP) is -0.0001000. The number of nitrogens with two attached hydrogens (primary N) is 1. The molecular weight excluding hydrogens is 216 g/mol. The van der Waals surface area contributed by atoms with Crippen LogP contribution in [0.25, 0.3) is 0 Å². The third-order valence-electron chi connectivity index (χ3n) is 1.85. The SMILES string of the molecule is CN(C)C(=O)CCSCCC(N)C(=O)O. The Morgan fingerprint density at radius 3 is 2.47 bits per heavy atom. The highest BCUT2D eigenvalue weighted by molar-refractivity contribution is 7.99. The molecule has 1 atom stereocenters. The highest BCUT2D eigenvalue weighted by atomic mass is 32.2. The molecule has 0 rings (SSSR count). The van der Waals surface area contributed by atoms with Gasteiger partial charge in [-0.2, -0.15) is 11.8 Å². The maximum absolute atomic E-state index is 11.1. The molecule has 15 heavy (non-hydrogen) atoms. The number of carbonyl (C=O) groups excluding carboxylic acids is 1. The second-order valence-corrected chi connectivity index (χ2v) is 4.61. The first-order chi connectivity index (χ1) is 6.95. The van der Waals surface area contributed by atoms with E-state index >= 15 is 0 Å². The zero-order valence-corrected chi connectivity index (χ0v) is 9.92. The van der Waals surface area contributed by atoms with Crippen molar-refractivity contribution in [3.63, 3.8) is 0 Å². The van der Waals surface area contributed by atoms with E-state index in [9.17, 15) is 9.59 Å². The number of amides is 1. The van der Waals surface area contributed by atoms with Crippen molar-refractivity contribution in [3.8, 4) is 0 Å². The minimum atomic E-state index is -0.972. The Balaban J connectivity index is 3.40. The number of carbonyl (C=O) groups is 2. The molecule has 0 radical (unpaired) electrons. The molecule has 0 fully saturated rings. The van der Waals surface area contributed by atoms with Crippen LogP contribution in [-0.4, -0.2) is 53.5 Å². The van der Waals surface area contributed by atoms with Crippen LogP contribution < -0.4 is 5.73 Å². The van der Waals surface area contributed by atoms with Crippen LogP contribution in [0.15, 0.2) is 0 Å². The minimum Gasteiger partial charge on any atom is -0.480 e. The predicted molar refractivity (Wildman–Crippen MR) is 60.9 cm³/mol. The molecule has 0 spiro atoms. The van der Waals surface area contributed by atoms with E-state index in [1.165, 1.54) is 0 Å². The lowest BCUT2D eigenvalue weighted by atomic mass is 10.2. The summed E-state index contributed by atoms with van der Waals surface area (Å²) in [6.07, 6.45) is 0.927. The summed E-state index contributed by atoms with van der Waals surface area (Å²) in [4.78, 5) is 23.1. The molecule has 0 aliphatic rings. The second-order valence-electron chi connectivity index (χ2n) is 3.38. The summed E-state index contributed by atoms with van der Waals surface area (Å²) in [5, 5.41) is 8.50. The van der Waals surface area contributed by atoms with E-state index in [4.69, 9.17) is 10.8 Å². The molecule has 0 aromatic heterocycles. The lowest BCUT2D eigenvalue weighted by Gasteiger charge is -2.09. The smallest absolute Gasteiger partial charge is 0.320 e. The van der Waals surface area contributed by atoms with Crippen molar-refractivity contribution in [2.45, 2.75) is 18.9 Å². The third-order valence-corrected chi connectivity index (χ3v) is 2.87. The quantitative estimate of drug-likeness (QED) is 0.606. The molecule has 0 saturated carbocycles. The van der Waals surface area contributed by atoms with E-state index in [0.717, 1.165) is 0 Å². The summed E-state index contributed by atoms with van der Waals surface area (Å²) in [6, 6.07) is -0.790. The zero-order valence-electron chi connectivity index (χ0n) is 9.10. The minimum absolute atomic E-state index is 0.0880. The average Bonchev–Trinajstić information content (AvgIpc) is 2.16. The molecule has 0 bridgehead atoms. The van der Waals surface area contributed by atoms with Crippen LogP contribution in [0, 0.1) is 0 Å². The fourth-order valence-electron chi connectivity index (χ4n) is 0.819. The molecule has 1 amide bonds. The molecule has 0 aromatic rings. The molecule has 0 aromatic carbocycles. The van der Waals surface area contributed by atoms with Crippen LogP contribution in [0.2, 0.25) is 0 Å². The summed E-state index contributed by atoms with van der Waals surface area (Å²) in [5.74, 6) is 0.502. The number of hydrogen-bond acceptors (Lipinski definition) is 4. The maximum Gasteiger partial charge on any atom is 0.320 e. The monoisotopic (exact) mass is 234 g/mol. The summed E-state index contributed by atoms with van der Waals surface area (Å²) in [5.41, 5.74) is 5.32. The molecule has 0 aliphatic heterocycles. The number of hydrogen-bond donors (Lipinski definition) is 2. The van der Waals surface area contributed by atoms with Crippen molar-refractivity contribution in [1.82, 2.24) is 4.90 Å². The Hall–Kier alpha value is -0.750. The van der Waals surface area contributed by atoms with Gasteiger partial charge in [-0.3, -0.25) is 9.59 Å². The Morgan fingerprint density at radius 2 is 2.00 bits per heavy atom. The van der Waals surface area contributed by atoms with Crippen LogP contribution in [0.5, 0.6) is 0 Å². The lowest BCUT2D eigenvalue weighted by Crippen LogP contribution is -2.30. The van der Waals surface area contributed by atoms with Gasteiger partial charge in [0.1, 0.15) is 6.04 Å². The summed E-state index contributed by atoms with van der Waals surface area (Å²) in [6.45, 7) is 0. The molecule has 88 valence electrons. The first-order valence-corrected chi connectivity index (χ1v) is 5.87. The van der Waals surface area contributed by atoms with E-state index in [0.29, 0.717) is 24.3 Å². The van der Waals surface area contributed by atoms with Crippen LogP contribution in [0.1, 0.15) is 12.8 Å². The topological polar surface area (TPSA) is 83.6 Å². The Kier molecular flexibility index (Phi) is 7.15. The van der Waals surface area contributed by atoms with E-state index in [1.807, 2.05) is 0 Å². The van der Waals surface area contributed by atoms with Gasteiger partial charge < -0.3 is 15.7 Å². The van der Waals surface area contributed by atoms with Crippen molar-refractivity contribution in [1.29, 1.82) is 0 Å². The van der Waals surface area contributed by atoms with Gasteiger partial charge in [-0.25, -0.2) is 0 Å². The van der Waals surface area contributed by atoms with Gasteiger partial charge in [0, 0.05) is 26.3 Å². The standard InChI is InChI=1S/C9H18N2O3S/c1-11(2)8(12)4-6-15-5-3-7(10)9(13)14/h7H,3-6,10H2,1-2H3,(H,13,14). The Labute approximate surface area is 94.0 Å². The van der Waals surface area contributed by atoms with Gasteiger partial charge in [0.2, 0.25) is 5.91 Å². The lowest BCUT2D eigenvalue weighted by molar-refractivity contribution is -0.138. The second kappa shape index (κ2) is 7.53. The summed E-state index contributed by atoms with van der Waals surface area (Å²) in [7, 11) is 3.43. The van der Waals surface area contributed by atoms with Gasteiger partial charge >= 0.3 is 5.97 Å². The molecule has 6 heteroatoms. The van der Waals surface area contributed by atoms with E-state index in [1.54, 1.807) is 30.8 Å². The third kappa shape index (κ3) is 7.21. The van der Waals surface area contributed by atoms with Crippen molar-refractivity contribution in [3.05, 3.63) is 0 Å². The van der Waals surface area contributed by atoms with Gasteiger partial charge in [-0.15, -0.1) is 0 Å². The number of carboxylic acid groups (broad SMARTS) is 1. The molecule has 3 N–H and O–H groups in total. The largest absolute Gasteiger partial charge is 0.480 e. The Bertz CT molecular complexity index is 221. The van der Waals surface area contributed by atoms with Crippen molar-refractivity contribution >= 4 is 23.6 Å². The van der Waals surface area contributed by atoms with Crippen molar-refractivity contribution in [2.75, 3.05) is 25.6 Å². The van der Waals surface area contributed by atoms with Gasteiger partial charge in [-0.05, 0) is 12.2 Å². The van der Waals surface area contributed by atoms with Crippen LogP contribution in [-0.2, 0) is 9.59 Å². The molecule has 1 unspecified atom stereocenters. The van der Waals surface area contributed by atoms with E-state index in [2.05, 4.69) is 0 Å². The molecule has 0 heterocycles. The normalized spacial score (nSPS) is 12.2. The molecule has 0 saturated heterocycles. The first kappa shape index (κ1) is 14.2. The summed E-state index contributed by atoms with van der Waals surface area (Å²) < 4.78 is 0. The molecule has 5 nitrogen and oxygen atoms in total.